The number of carbonyl (C=O) groups is 1. The van der Waals surface area contributed by atoms with Crippen LogP contribution in [0.5, 0.6) is 0 Å². The summed E-state index contributed by atoms with van der Waals surface area (Å²) >= 11 is 6.13. The normalized spacial score (nSPS) is 18.8. The molecule has 1 aromatic carbocycles. The van der Waals surface area contributed by atoms with E-state index < -0.39 is 0 Å². The second-order valence-electron chi connectivity index (χ2n) is 5.05. The van der Waals surface area contributed by atoms with Crippen molar-refractivity contribution < 1.29 is 4.79 Å². The summed E-state index contributed by atoms with van der Waals surface area (Å²) in [5, 5.41) is 11.8. The summed E-state index contributed by atoms with van der Waals surface area (Å²) in [7, 11) is 0. The van der Waals surface area contributed by atoms with Crippen LogP contribution in [0, 0.1) is 0 Å². The van der Waals surface area contributed by atoms with Gasteiger partial charge in [-0.15, -0.1) is 5.10 Å². The molecule has 1 N–H and O–H groups in total. The van der Waals surface area contributed by atoms with Crippen molar-refractivity contribution in [1.82, 2.24) is 25.2 Å². The monoisotopic (exact) mass is 305 g/mol. The largest absolute Gasteiger partial charge is 0.332 e. The molecule has 1 unspecified atom stereocenters. The molecule has 1 saturated heterocycles. The highest BCUT2D eigenvalue weighted by Gasteiger charge is 2.26. The maximum atomic E-state index is 12.5. The maximum absolute atomic E-state index is 12.5. The first-order chi connectivity index (χ1) is 10.2. The number of amides is 1. The highest BCUT2D eigenvalue weighted by Crippen LogP contribution is 2.19. The number of carbonyl (C=O) groups excluding carboxylic acids is 1. The molecule has 1 atom stereocenters. The van der Waals surface area contributed by atoms with Crippen LogP contribution in [0.1, 0.15) is 17.4 Å². The number of hydrogen-bond donors (Lipinski definition) is 1. The highest BCUT2D eigenvalue weighted by atomic mass is 35.5. The van der Waals surface area contributed by atoms with Crippen LogP contribution < -0.4 is 5.32 Å². The minimum atomic E-state index is -0.0951. The Bertz CT molecular complexity index is 656. The standard InChI is InChI=1S/C14H16ClN5O/c1-10-8-16-6-7-19(10)14(21)12-9-20(18-17-12)13-5-3-2-4-11(13)15/h2-5,9-10,16H,6-8H2,1H3. The molecule has 2 heterocycles. The Morgan fingerprint density at radius 1 is 1.43 bits per heavy atom. The highest BCUT2D eigenvalue weighted by molar-refractivity contribution is 6.32. The van der Waals surface area contributed by atoms with Crippen molar-refractivity contribution in [3.05, 3.63) is 41.2 Å². The molecule has 0 aliphatic carbocycles. The molecule has 0 saturated carbocycles. The summed E-state index contributed by atoms with van der Waals surface area (Å²) in [4.78, 5) is 14.3. The number of nitrogens with zero attached hydrogens (tertiary/aromatic N) is 4. The average Bonchev–Trinajstić information content (AvgIpc) is 2.97. The van der Waals surface area contributed by atoms with Crippen LogP contribution >= 0.6 is 11.6 Å². The Morgan fingerprint density at radius 2 is 2.24 bits per heavy atom. The fourth-order valence-electron chi connectivity index (χ4n) is 2.41. The second-order valence-corrected chi connectivity index (χ2v) is 5.46. The number of para-hydroxylation sites is 1. The molecule has 2 aromatic rings. The van der Waals surface area contributed by atoms with E-state index in [4.69, 9.17) is 11.6 Å². The third-order valence-corrected chi connectivity index (χ3v) is 3.89. The molecule has 3 rings (SSSR count). The van der Waals surface area contributed by atoms with E-state index >= 15 is 0 Å². The van der Waals surface area contributed by atoms with Gasteiger partial charge in [-0.3, -0.25) is 4.79 Å². The number of hydrogen-bond acceptors (Lipinski definition) is 4. The Morgan fingerprint density at radius 3 is 3.00 bits per heavy atom. The zero-order chi connectivity index (χ0) is 14.8. The lowest BCUT2D eigenvalue weighted by Crippen LogP contribution is -2.52. The van der Waals surface area contributed by atoms with Gasteiger partial charge in [0, 0.05) is 25.7 Å². The van der Waals surface area contributed by atoms with E-state index in [9.17, 15) is 4.79 Å². The predicted octanol–water partition coefficient (Wildman–Crippen LogP) is 1.35. The van der Waals surface area contributed by atoms with Gasteiger partial charge in [-0.25, -0.2) is 4.68 Å². The van der Waals surface area contributed by atoms with Gasteiger partial charge >= 0.3 is 0 Å². The first kappa shape index (κ1) is 14.0. The summed E-state index contributed by atoms with van der Waals surface area (Å²) in [6, 6.07) is 7.47. The lowest BCUT2D eigenvalue weighted by molar-refractivity contribution is 0.0649. The van der Waals surface area contributed by atoms with Gasteiger partial charge in [0.05, 0.1) is 16.9 Å². The van der Waals surface area contributed by atoms with Crippen molar-refractivity contribution in [1.29, 1.82) is 0 Å². The number of benzene rings is 1. The Kier molecular flexibility index (Phi) is 3.90. The second kappa shape index (κ2) is 5.83. The molecule has 1 aromatic heterocycles. The number of rotatable bonds is 2. The maximum Gasteiger partial charge on any atom is 0.276 e. The Labute approximate surface area is 127 Å². The van der Waals surface area contributed by atoms with E-state index in [1.807, 2.05) is 30.0 Å². The van der Waals surface area contributed by atoms with Crippen LogP contribution in [0.25, 0.3) is 5.69 Å². The van der Waals surface area contributed by atoms with Crippen molar-refractivity contribution in [3.8, 4) is 5.69 Å². The van der Waals surface area contributed by atoms with Gasteiger partial charge in [-0.1, -0.05) is 28.9 Å². The lowest BCUT2D eigenvalue weighted by atomic mass is 10.2. The van der Waals surface area contributed by atoms with Crippen molar-refractivity contribution in [2.75, 3.05) is 19.6 Å². The van der Waals surface area contributed by atoms with E-state index in [0.717, 1.165) is 13.1 Å². The fraction of sp³-hybridized carbons (Fsp3) is 0.357. The Hall–Kier alpha value is -1.92. The van der Waals surface area contributed by atoms with Crippen molar-refractivity contribution in [3.63, 3.8) is 0 Å². The molecule has 6 nitrogen and oxygen atoms in total. The summed E-state index contributed by atoms with van der Waals surface area (Å²) in [5.74, 6) is -0.0951. The minimum absolute atomic E-state index is 0.0951. The quantitative estimate of drug-likeness (QED) is 0.910. The van der Waals surface area contributed by atoms with Gasteiger partial charge in [0.1, 0.15) is 0 Å². The number of halogens is 1. The molecular weight excluding hydrogens is 290 g/mol. The molecule has 0 bridgehead atoms. The third-order valence-electron chi connectivity index (χ3n) is 3.57. The molecule has 0 spiro atoms. The summed E-state index contributed by atoms with van der Waals surface area (Å²) in [6.45, 7) is 4.29. The van der Waals surface area contributed by atoms with Gasteiger partial charge < -0.3 is 10.2 Å². The summed E-state index contributed by atoms with van der Waals surface area (Å²) < 4.78 is 1.53. The predicted molar refractivity (Wildman–Crippen MR) is 79.7 cm³/mol. The number of aromatic nitrogens is 3. The van der Waals surface area contributed by atoms with Crippen LogP contribution in [-0.4, -0.2) is 51.5 Å². The first-order valence-electron chi connectivity index (χ1n) is 6.86. The van der Waals surface area contributed by atoms with E-state index in [0.29, 0.717) is 22.9 Å². The fourth-order valence-corrected chi connectivity index (χ4v) is 2.63. The van der Waals surface area contributed by atoms with Crippen molar-refractivity contribution >= 4 is 17.5 Å². The molecule has 21 heavy (non-hydrogen) atoms. The van der Waals surface area contributed by atoms with Gasteiger partial charge in [0.15, 0.2) is 5.69 Å². The molecule has 1 fully saturated rings. The zero-order valence-corrected chi connectivity index (χ0v) is 12.4. The summed E-state index contributed by atoms with van der Waals surface area (Å²) in [5.41, 5.74) is 1.04. The molecule has 1 aliphatic heterocycles. The molecule has 1 amide bonds. The van der Waals surface area contributed by atoms with E-state index in [1.54, 1.807) is 12.3 Å². The minimum Gasteiger partial charge on any atom is -0.332 e. The van der Waals surface area contributed by atoms with Crippen LogP contribution in [-0.2, 0) is 0 Å². The van der Waals surface area contributed by atoms with Crippen LogP contribution in [0.4, 0.5) is 0 Å². The van der Waals surface area contributed by atoms with Gasteiger partial charge in [-0.2, -0.15) is 0 Å². The molecule has 1 aliphatic rings. The van der Waals surface area contributed by atoms with Crippen molar-refractivity contribution in [2.24, 2.45) is 0 Å². The Balaban J connectivity index is 1.85. The van der Waals surface area contributed by atoms with Crippen LogP contribution in [0.15, 0.2) is 30.5 Å². The molecule has 7 heteroatoms. The SMILES string of the molecule is CC1CNCCN1C(=O)c1cn(-c2ccccc2Cl)nn1. The first-order valence-corrected chi connectivity index (χ1v) is 7.23. The van der Waals surface area contributed by atoms with E-state index in [2.05, 4.69) is 15.6 Å². The van der Waals surface area contributed by atoms with Crippen LogP contribution in [0.2, 0.25) is 5.02 Å². The molecule has 0 radical (unpaired) electrons. The van der Waals surface area contributed by atoms with E-state index in [1.165, 1.54) is 4.68 Å². The topological polar surface area (TPSA) is 63.1 Å². The number of piperazine rings is 1. The number of nitrogens with one attached hydrogen (secondary N) is 1. The zero-order valence-electron chi connectivity index (χ0n) is 11.7. The van der Waals surface area contributed by atoms with Gasteiger partial charge in [-0.05, 0) is 19.1 Å². The van der Waals surface area contributed by atoms with Crippen molar-refractivity contribution in [2.45, 2.75) is 13.0 Å². The smallest absolute Gasteiger partial charge is 0.276 e. The van der Waals surface area contributed by atoms with Gasteiger partial charge in [0.2, 0.25) is 0 Å². The summed E-state index contributed by atoms with van der Waals surface area (Å²) in [6.07, 6.45) is 1.62. The average molecular weight is 306 g/mol. The molecular formula is C14H16ClN5O. The van der Waals surface area contributed by atoms with E-state index in [-0.39, 0.29) is 11.9 Å². The van der Waals surface area contributed by atoms with Gasteiger partial charge in [0.25, 0.3) is 5.91 Å². The molecule has 110 valence electrons. The van der Waals surface area contributed by atoms with Crippen LogP contribution in [0.3, 0.4) is 0 Å². The lowest BCUT2D eigenvalue weighted by Gasteiger charge is -2.33. The third kappa shape index (κ3) is 2.77.